The molecular weight excluding hydrogens is 549 g/mol. The number of anilines is 1. The molecule has 1 saturated carbocycles. The normalized spacial score (nSPS) is 15.0. The van der Waals surface area contributed by atoms with E-state index >= 15 is 0 Å². The number of carbonyl (C=O) groups is 2. The van der Waals surface area contributed by atoms with Gasteiger partial charge in [0.05, 0.1) is 19.1 Å². The Hall–Kier alpha value is -2.49. The third kappa shape index (κ3) is 7.77. The fourth-order valence-corrected chi connectivity index (χ4v) is 5.89. The third-order valence-corrected chi connectivity index (χ3v) is 8.47. The summed E-state index contributed by atoms with van der Waals surface area (Å²) in [5.74, 6) is -0.546. The molecule has 1 atom stereocenters. The highest BCUT2D eigenvalue weighted by Crippen LogP contribution is 2.31. The fraction of sp³-hybridized carbons (Fsp3) is 0.481. The summed E-state index contributed by atoms with van der Waals surface area (Å²) in [6.45, 7) is 2.93. The summed E-state index contributed by atoms with van der Waals surface area (Å²) in [5, 5.41) is 3.85. The number of rotatable bonds is 10. The van der Waals surface area contributed by atoms with Crippen LogP contribution in [0.15, 0.2) is 36.4 Å². The van der Waals surface area contributed by atoms with Gasteiger partial charge in [-0.2, -0.15) is 0 Å². The van der Waals surface area contributed by atoms with Gasteiger partial charge in [0.2, 0.25) is 21.8 Å². The highest BCUT2D eigenvalue weighted by Gasteiger charge is 2.32. The molecule has 1 N–H and O–H groups in total. The quantitative estimate of drug-likeness (QED) is 0.427. The lowest BCUT2D eigenvalue weighted by Crippen LogP contribution is -2.53. The third-order valence-electron chi connectivity index (χ3n) is 6.76. The number of ether oxygens (including phenoxy) is 1. The van der Waals surface area contributed by atoms with Crippen molar-refractivity contribution in [3.63, 3.8) is 0 Å². The molecule has 3 rings (SSSR count). The molecule has 8 nitrogen and oxygen atoms in total. The molecule has 208 valence electrons. The maximum absolute atomic E-state index is 13.8. The number of halogens is 2. The lowest BCUT2D eigenvalue weighted by molar-refractivity contribution is -0.139. The van der Waals surface area contributed by atoms with Crippen LogP contribution in [0.3, 0.4) is 0 Å². The van der Waals surface area contributed by atoms with E-state index in [1.807, 2.05) is 6.92 Å². The van der Waals surface area contributed by atoms with E-state index < -0.39 is 28.5 Å². The fourth-order valence-electron chi connectivity index (χ4n) is 4.57. The molecule has 0 aromatic heterocycles. The molecule has 0 saturated heterocycles. The van der Waals surface area contributed by atoms with Gasteiger partial charge in [-0.15, -0.1) is 0 Å². The smallest absolute Gasteiger partial charge is 0.244 e. The van der Waals surface area contributed by atoms with Gasteiger partial charge in [-0.1, -0.05) is 54.6 Å². The highest BCUT2D eigenvalue weighted by atomic mass is 35.5. The van der Waals surface area contributed by atoms with E-state index in [0.29, 0.717) is 21.4 Å². The first kappa shape index (κ1) is 30.1. The number of sulfonamides is 1. The van der Waals surface area contributed by atoms with Crippen LogP contribution in [-0.2, 0) is 26.2 Å². The van der Waals surface area contributed by atoms with E-state index in [0.717, 1.165) is 48.2 Å². The molecule has 11 heteroatoms. The zero-order valence-electron chi connectivity index (χ0n) is 22.2. The molecule has 1 aliphatic carbocycles. The van der Waals surface area contributed by atoms with E-state index in [4.69, 9.17) is 27.9 Å². The van der Waals surface area contributed by atoms with Gasteiger partial charge < -0.3 is 15.0 Å². The van der Waals surface area contributed by atoms with Gasteiger partial charge in [-0.3, -0.25) is 13.9 Å². The minimum absolute atomic E-state index is 0.00333. The molecule has 1 aliphatic rings. The topological polar surface area (TPSA) is 96.0 Å². The van der Waals surface area contributed by atoms with Crippen molar-refractivity contribution in [1.29, 1.82) is 0 Å². The predicted octanol–water partition coefficient (Wildman–Crippen LogP) is 4.94. The van der Waals surface area contributed by atoms with Crippen molar-refractivity contribution in [3.8, 4) is 5.75 Å². The molecule has 0 heterocycles. The van der Waals surface area contributed by atoms with Gasteiger partial charge >= 0.3 is 0 Å². The summed E-state index contributed by atoms with van der Waals surface area (Å²) in [7, 11) is -2.46. The molecule has 2 amide bonds. The van der Waals surface area contributed by atoms with E-state index in [1.54, 1.807) is 43.3 Å². The van der Waals surface area contributed by atoms with Crippen molar-refractivity contribution in [2.24, 2.45) is 0 Å². The van der Waals surface area contributed by atoms with Crippen LogP contribution in [0, 0.1) is 6.92 Å². The largest absolute Gasteiger partial charge is 0.495 e. The number of benzene rings is 2. The number of amides is 2. The molecule has 0 radical (unpaired) electrons. The average molecular weight is 585 g/mol. The predicted molar refractivity (Wildman–Crippen MR) is 151 cm³/mol. The number of methoxy groups -OCH3 is 1. The standard InChI is InChI=1S/C27H35Cl2N3O5S/c1-18-10-13-25(37-3)24(14-18)32(38(4,35)36)17-26(33)31(16-20-11-12-21(28)15-23(20)29)19(2)27(34)30-22-8-6-5-7-9-22/h10-15,19,22H,5-9,16-17H2,1-4H3,(H,30,34)/t19-/m1/s1. The summed E-state index contributed by atoms with van der Waals surface area (Å²) in [4.78, 5) is 28.4. The zero-order chi connectivity index (χ0) is 28.0. The van der Waals surface area contributed by atoms with Crippen LogP contribution in [0.2, 0.25) is 10.0 Å². The lowest BCUT2D eigenvalue weighted by atomic mass is 9.95. The minimum atomic E-state index is -3.89. The van der Waals surface area contributed by atoms with Crippen molar-refractivity contribution in [2.75, 3.05) is 24.2 Å². The minimum Gasteiger partial charge on any atom is -0.495 e. The summed E-state index contributed by atoms with van der Waals surface area (Å²) in [6.07, 6.45) is 6.05. The van der Waals surface area contributed by atoms with E-state index in [2.05, 4.69) is 5.32 Å². The Bertz CT molecular complexity index is 1270. The molecular formula is C27H35Cl2N3O5S. The number of hydrogen-bond donors (Lipinski definition) is 1. The average Bonchev–Trinajstić information content (AvgIpc) is 2.86. The van der Waals surface area contributed by atoms with Gasteiger partial charge in [-0.05, 0) is 62.1 Å². The second kappa shape index (κ2) is 13.0. The Kier molecular flexibility index (Phi) is 10.3. The van der Waals surface area contributed by atoms with Crippen molar-refractivity contribution in [1.82, 2.24) is 10.2 Å². The van der Waals surface area contributed by atoms with Gasteiger partial charge in [-0.25, -0.2) is 8.42 Å². The van der Waals surface area contributed by atoms with E-state index in [1.165, 1.54) is 12.0 Å². The molecule has 0 spiro atoms. The number of nitrogens with zero attached hydrogens (tertiary/aromatic N) is 2. The van der Waals surface area contributed by atoms with Crippen molar-refractivity contribution < 1.29 is 22.7 Å². The number of aryl methyl sites for hydroxylation is 1. The molecule has 38 heavy (non-hydrogen) atoms. The first-order valence-corrected chi connectivity index (χ1v) is 15.2. The van der Waals surface area contributed by atoms with Crippen molar-refractivity contribution >= 4 is 50.7 Å². The molecule has 2 aromatic carbocycles. The molecule has 0 bridgehead atoms. The van der Waals surface area contributed by atoms with Gasteiger partial charge in [0.25, 0.3) is 0 Å². The van der Waals surface area contributed by atoms with Crippen LogP contribution in [0.5, 0.6) is 5.75 Å². The Morgan fingerprint density at radius 2 is 1.79 bits per heavy atom. The monoisotopic (exact) mass is 583 g/mol. The first-order chi connectivity index (χ1) is 17.9. The molecule has 0 unspecified atom stereocenters. The highest BCUT2D eigenvalue weighted by molar-refractivity contribution is 7.92. The Morgan fingerprint density at radius 3 is 2.39 bits per heavy atom. The van der Waals surface area contributed by atoms with Crippen LogP contribution in [0.1, 0.15) is 50.2 Å². The maximum Gasteiger partial charge on any atom is 0.244 e. The summed E-state index contributed by atoms with van der Waals surface area (Å²) in [5.41, 5.74) is 1.62. The van der Waals surface area contributed by atoms with Crippen LogP contribution < -0.4 is 14.4 Å². The van der Waals surface area contributed by atoms with Gasteiger partial charge in [0.15, 0.2) is 0 Å². The first-order valence-electron chi connectivity index (χ1n) is 12.6. The maximum atomic E-state index is 13.8. The van der Waals surface area contributed by atoms with Gasteiger partial charge in [0, 0.05) is 22.6 Å². The van der Waals surface area contributed by atoms with Crippen molar-refractivity contribution in [2.45, 2.75) is 64.6 Å². The molecule has 0 aliphatic heterocycles. The van der Waals surface area contributed by atoms with E-state index in [9.17, 15) is 18.0 Å². The van der Waals surface area contributed by atoms with Crippen LogP contribution in [0.25, 0.3) is 0 Å². The number of hydrogen-bond acceptors (Lipinski definition) is 5. The van der Waals surface area contributed by atoms with Gasteiger partial charge in [0.1, 0.15) is 18.3 Å². The van der Waals surface area contributed by atoms with Crippen LogP contribution in [-0.4, -0.2) is 57.1 Å². The summed E-state index contributed by atoms with van der Waals surface area (Å²) < 4.78 is 32.1. The Morgan fingerprint density at radius 1 is 1.11 bits per heavy atom. The summed E-state index contributed by atoms with van der Waals surface area (Å²) >= 11 is 12.5. The SMILES string of the molecule is COc1ccc(C)cc1N(CC(=O)N(Cc1ccc(Cl)cc1Cl)[C@H](C)C(=O)NC1CCCCC1)S(C)(=O)=O. The number of carbonyl (C=O) groups excluding carboxylic acids is 2. The van der Waals surface area contributed by atoms with Crippen LogP contribution >= 0.6 is 23.2 Å². The Labute approximate surface area is 235 Å². The second-order valence-electron chi connectivity index (χ2n) is 9.72. The molecule has 2 aromatic rings. The van der Waals surface area contributed by atoms with Crippen molar-refractivity contribution in [3.05, 3.63) is 57.6 Å². The lowest BCUT2D eigenvalue weighted by Gasteiger charge is -2.33. The Balaban J connectivity index is 1.95. The number of nitrogens with one attached hydrogen (secondary N) is 1. The van der Waals surface area contributed by atoms with Crippen LogP contribution in [0.4, 0.5) is 5.69 Å². The summed E-state index contributed by atoms with van der Waals surface area (Å²) in [6, 6.07) is 9.17. The second-order valence-corrected chi connectivity index (χ2v) is 12.5. The molecule has 1 fully saturated rings. The van der Waals surface area contributed by atoms with E-state index in [-0.39, 0.29) is 24.2 Å². The zero-order valence-corrected chi connectivity index (χ0v) is 24.5.